The number of methoxy groups -OCH3 is 1. The molecule has 3 rings (SSSR count). The van der Waals surface area contributed by atoms with Crippen molar-refractivity contribution in [2.45, 2.75) is 18.6 Å². The highest BCUT2D eigenvalue weighted by Crippen LogP contribution is 2.42. The van der Waals surface area contributed by atoms with E-state index in [1.165, 1.54) is 12.7 Å². The molecule has 1 aliphatic carbocycles. The summed E-state index contributed by atoms with van der Waals surface area (Å²) in [4.78, 5) is 4.43. The molecule has 0 fully saturated rings. The number of hydrogen-bond donors (Lipinski definition) is 1. The van der Waals surface area contributed by atoms with Crippen LogP contribution in [0.2, 0.25) is 0 Å². The van der Waals surface area contributed by atoms with Crippen LogP contribution in [-0.4, -0.2) is 23.5 Å². The van der Waals surface area contributed by atoms with Gasteiger partial charge in [0.2, 0.25) is 0 Å². The topological polar surface area (TPSA) is 42.4 Å². The molecule has 1 aliphatic rings. The van der Waals surface area contributed by atoms with Gasteiger partial charge >= 0.3 is 0 Å². The Hall–Kier alpha value is -1.97. The molecule has 2 atom stereocenters. The molecule has 1 N–H and O–H groups in total. The van der Waals surface area contributed by atoms with Crippen LogP contribution >= 0.6 is 0 Å². The number of benzene rings is 1. The number of hydrogen-bond acceptors (Lipinski definition) is 3. The molecule has 3 nitrogen and oxygen atoms in total. The normalized spacial score (nSPS) is 19.1. The Bertz CT molecular complexity index is 622. The van der Waals surface area contributed by atoms with E-state index in [1.54, 1.807) is 6.20 Å². The molecular weight excluding hydrogens is 250 g/mol. The van der Waals surface area contributed by atoms with E-state index >= 15 is 0 Å². The number of rotatable bonds is 4. The van der Waals surface area contributed by atoms with Gasteiger partial charge in [0, 0.05) is 24.8 Å². The predicted molar refractivity (Wildman–Crippen MR) is 78.1 cm³/mol. The molecule has 1 aromatic heterocycles. The molecule has 0 spiro atoms. The zero-order valence-electron chi connectivity index (χ0n) is 11.4. The second kappa shape index (κ2) is 5.57. The SMILES string of the molecule is COC(O)C1=CCC1c1ccccc1-c1ccccn1. The van der Waals surface area contributed by atoms with Gasteiger partial charge in [0.25, 0.3) is 0 Å². The summed E-state index contributed by atoms with van der Waals surface area (Å²) in [5.74, 6) is 0.211. The first kappa shape index (κ1) is 13.0. The number of allylic oxidation sites excluding steroid dienone is 1. The fraction of sp³-hybridized carbons (Fsp3) is 0.235. The summed E-state index contributed by atoms with van der Waals surface area (Å²) in [5.41, 5.74) is 4.21. The van der Waals surface area contributed by atoms with Crippen molar-refractivity contribution in [1.82, 2.24) is 4.98 Å². The summed E-state index contributed by atoms with van der Waals surface area (Å²) in [6.07, 6.45) is 3.95. The minimum absolute atomic E-state index is 0.211. The zero-order chi connectivity index (χ0) is 13.9. The molecule has 2 unspecified atom stereocenters. The standard InChI is InChI=1S/C17H17NO2/c1-20-17(19)15-10-9-13(15)12-6-2-3-7-14(12)16-8-4-5-11-18-16/h2-8,10-11,13,17,19H,9H2,1H3. The molecule has 1 aromatic carbocycles. The monoisotopic (exact) mass is 267 g/mol. The van der Waals surface area contributed by atoms with E-state index in [9.17, 15) is 5.11 Å². The van der Waals surface area contributed by atoms with Crippen LogP contribution in [0.3, 0.4) is 0 Å². The molecule has 0 bridgehead atoms. The van der Waals surface area contributed by atoms with Gasteiger partial charge in [-0.3, -0.25) is 4.98 Å². The van der Waals surface area contributed by atoms with E-state index in [4.69, 9.17) is 4.74 Å². The highest BCUT2D eigenvalue weighted by atomic mass is 16.6. The van der Waals surface area contributed by atoms with Gasteiger partial charge < -0.3 is 9.84 Å². The summed E-state index contributed by atoms with van der Waals surface area (Å²) in [5, 5.41) is 9.86. The first-order valence-electron chi connectivity index (χ1n) is 6.72. The molecule has 0 amide bonds. The third kappa shape index (κ3) is 2.26. The smallest absolute Gasteiger partial charge is 0.177 e. The maximum Gasteiger partial charge on any atom is 0.177 e. The van der Waals surface area contributed by atoms with Gasteiger partial charge in [-0.1, -0.05) is 36.4 Å². The molecule has 20 heavy (non-hydrogen) atoms. The Morgan fingerprint density at radius 3 is 2.65 bits per heavy atom. The number of pyridine rings is 1. The lowest BCUT2D eigenvalue weighted by molar-refractivity contribution is -0.0511. The molecular formula is C17H17NO2. The van der Waals surface area contributed by atoms with Crippen LogP contribution in [0.5, 0.6) is 0 Å². The molecule has 102 valence electrons. The largest absolute Gasteiger partial charge is 0.364 e. The van der Waals surface area contributed by atoms with E-state index in [-0.39, 0.29) is 5.92 Å². The van der Waals surface area contributed by atoms with Gasteiger partial charge in [0.15, 0.2) is 6.29 Å². The quantitative estimate of drug-likeness (QED) is 0.683. The average Bonchev–Trinajstić information content (AvgIpc) is 2.47. The molecule has 2 aromatic rings. The lowest BCUT2D eigenvalue weighted by Gasteiger charge is -2.31. The maximum absolute atomic E-state index is 9.86. The summed E-state index contributed by atoms with van der Waals surface area (Å²) in [6.45, 7) is 0. The first-order chi connectivity index (χ1) is 9.81. The Kier molecular flexibility index (Phi) is 3.63. The van der Waals surface area contributed by atoms with Crippen molar-refractivity contribution in [3.8, 4) is 11.3 Å². The Morgan fingerprint density at radius 1 is 1.20 bits per heavy atom. The Labute approximate surface area is 118 Å². The number of ether oxygens (including phenoxy) is 1. The number of nitrogens with zero attached hydrogens (tertiary/aromatic N) is 1. The van der Waals surface area contributed by atoms with Crippen molar-refractivity contribution >= 4 is 0 Å². The van der Waals surface area contributed by atoms with E-state index in [0.29, 0.717) is 0 Å². The fourth-order valence-electron chi connectivity index (χ4n) is 2.64. The van der Waals surface area contributed by atoms with Crippen LogP contribution in [0.25, 0.3) is 11.3 Å². The van der Waals surface area contributed by atoms with Crippen LogP contribution in [0, 0.1) is 0 Å². The first-order valence-corrected chi connectivity index (χ1v) is 6.72. The maximum atomic E-state index is 9.86. The Balaban J connectivity index is 1.98. The lowest BCUT2D eigenvalue weighted by Crippen LogP contribution is -2.24. The van der Waals surface area contributed by atoms with Gasteiger partial charge in [-0.25, -0.2) is 0 Å². The summed E-state index contributed by atoms with van der Waals surface area (Å²) in [7, 11) is 1.52. The van der Waals surface area contributed by atoms with Crippen LogP contribution in [0.15, 0.2) is 60.3 Å². The van der Waals surface area contributed by atoms with Crippen molar-refractivity contribution in [3.63, 3.8) is 0 Å². The van der Waals surface area contributed by atoms with Crippen LogP contribution in [0.4, 0.5) is 0 Å². The minimum atomic E-state index is -0.814. The lowest BCUT2D eigenvalue weighted by atomic mass is 9.77. The van der Waals surface area contributed by atoms with Crippen molar-refractivity contribution in [2.24, 2.45) is 0 Å². The van der Waals surface area contributed by atoms with Crippen molar-refractivity contribution < 1.29 is 9.84 Å². The number of aliphatic hydroxyl groups is 1. The summed E-state index contributed by atoms with van der Waals surface area (Å²) >= 11 is 0. The van der Waals surface area contributed by atoms with Gasteiger partial charge in [-0.2, -0.15) is 0 Å². The van der Waals surface area contributed by atoms with E-state index in [1.807, 2.05) is 36.4 Å². The highest BCUT2D eigenvalue weighted by Gasteiger charge is 2.30. The third-order valence-corrected chi connectivity index (χ3v) is 3.78. The van der Waals surface area contributed by atoms with E-state index in [0.717, 1.165) is 23.3 Å². The van der Waals surface area contributed by atoms with Gasteiger partial charge in [-0.15, -0.1) is 0 Å². The fourth-order valence-corrected chi connectivity index (χ4v) is 2.64. The van der Waals surface area contributed by atoms with E-state index < -0.39 is 6.29 Å². The third-order valence-electron chi connectivity index (χ3n) is 3.78. The van der Waals surface area contributed by atoms with Gasteiger partial charge in [0.1, 0.15) is 0 Å². The van der Waals surface area contributed by atoms with Crippen molar-refractivity contribution in [2.75, 3.05) is 7.11 Å². The minimum Gasteiger partial charge on any atom is -0.364 e. The van der Waals surface area contributed by atoms with Crippen LogP contribution < -0.4 is 0 Å². The second-order valence-corrected chi connectivity index (χ2v) is 4.88. The zero-order valence-corrected chi connectivity index (χ0v) is 11.4. The molecule has 3 heteroatoms. The van der Waals surface area contributed by atoms with Crippen molar-refractivity contribution in [1.29, 1.82) is 0 Å². The highest BCUT2D eigenvalue weighted by molar-refractivity contribution is 5.66. The molecule has 0 saturated carbocycles. The van der Waals surface area contributed by atoms with Crippen molar-refractivity contribution in [3.05, 3.63) is 65.9 Å². The number of aliphatic hydroxyl groups excluding tert-OH is 1. The molecule has 1 heterocycles. The average molecular weight is 267 g/mol. The predicted octanol–water partition coefficient (Wildman–Crippen LogP) is 3.13. The molecule has 0 aliphatic heterocycles. The number of aromatic nitrogens is 1. The summed E-state index contributed by atoms with van der Waals surface area (Å²) < 4.78 is 5.02. The van der Waals surface area contributed by atoms with Crippen LogP contribution in [0.1, 0.15) is 17.9 Å². The summed E-state index contributed by atoms with van der Waals surface area (Å²) in [6, 6.07) is 14.1. The molecule has 0 saturated heterocycles. The van der Waals surface area contributed by atoms with Gasteiger partial charge in [0.05, 0.1) is 5.69 Å². The molecule has 0 radical (unpaired) electrons. The van der Waals surface area contributed by atoms with E-state index in [2.05, 4.69) is 17.1 Å². The van der Waals surface area contributed by atoms with Crippen LogP contribution in [-0.2, 0) is 4.74 Å². The second-order valence-electron chi connectivity index (χ2n) is 4.88. The Morgan fingerprint density at radius 2 is 2.00 bits per heavy atom. The van der Waals surface area contributed by atoms with Gasteiger partial charge in [-0.05, 0) is 29.7 Å².